The van der Waals surface area contributed by atoms with Gasteiger partial charge in [-0.3, -0.25) is 0 Å². The van der Waals surface area contributed by atoms with Gasteiger partial charge in [0.15, 0.2) is 0 Å². The number of ether oxygens (including phenoxy) is 1. The first kappa shape index (κ1) is 12.8. The van der Waals surface area contributed by atoms with Gasteiger partial charge in [0, 0.05) is 11.6 Å². The van der Waals surface area contributed by atoms with Crippen LogP contribution in [0.5, 0.6) is 0 Å². The maximum absolute atomic E-state index is 11.4. The molecule has 1 atom stereocenters. The predicted octanol–water partition coefficient (Wildman–Crippen LogP) is 2.68. The summed E-state index contributed by atoms with van der Waals surface area (Å²) in [4.78, 5) is 11.4. The fourth-order valence-corrected chi connectivity index (χ4v) is 2.13. The van der Waals surface area contributed by atoms with Gasteiger partial charge in [-0.15, -0.1) is 0 Å². The Kier molecular flexibility index (Phi) is 4.15. The van der Waals surface area contributed by atoms with Crippen molar-refractivity contribution >= 4 is 11.5 Å². The number of esters is 1. The quantitative estimate of drug-likeness (QED) is 0.812. The molecule has 0 saturated heterocycles. The van der Waals surface area contributed by atoms with E-state index in [1.54, 1.807) is 6.08 Å². The summed E-state index contributed by atoms with van der Waals surface area (Å²) in [5.74, 6) is -0.252. The Morgan fingerprint density at radius 2 is 2.00 bits per heavy atom. The van der Waals surface area contributed by atoms with Crippen LogP contribution < -0.4 is 0 Å². The van der Waals surface area contributed by atoms with Crippen LogP contribution in [0.15, 0.2) is 30.3 Å². The van der Waals surface area contributed by atoms with E-state index in [0.29, 0.717) is 0 Å². The molecule has 1 N–H and O–H groups in total. The molecule has 1 aromatic carbocycles. The van der Waals surface area contributed by atoms with Crippen LogP contribution in [-0.2, 0) is 16.1 Å². The van der Waals surface area contributed by atoms with Crippen LogP contribution in [0.25, 0.3) is 5.57 Å². The molecule has 18 heavy (non-hydrogen) atoms. The van der Waals surface area contributed by atoms with Crippen molar-refractivity contribution in [1.82, 2.24) is 0 Å². The molecule has 0 amide bonds. The zero-order valence-electron chi connectivity index (χ0n) is 10.6. The minimum Gasteiger partial charge on any atom is -0.454 e. The zero-order valence-corrected chi connectivity index (χ0v) is 10.6. The first-order chi connectivity index (χ1) is 8.74. The van der Waals surface area contributed by atoms with Crippen molar-refractivity contribution < 1.29 is 14.6 Å². The number of carbonyl (C=O) groups is 1. The van der Waals surface area contributed by atoms with E-state index < -0.39 is 0 Å². The largest absolute Gasteiger partial charge is 0.454 e. The van der Waals surface area contributed by atoms with Crippen molar-refractivity contribution in [1.29, 1.82) is 0 Å². The third-order valence-corrected chi connectivity index (χ3v) is 3.17. The number of aliphatic hydroxyl groups is 1. The number of cyclic esters (lactones) is 1. The number of aliphatic hydroxyl groups excluding tert-OH is 1. The number of unbranched alkanes of at least 4 members (excludes halogenated alkanes) is 1. The smallest absolute Gasteiger partial charge is 0.331 e. The molecule has 1 unspecified atom stereocenters. The van der Waals surface area contributed by atoms with Crippen LogP contribution in [0.3, 0.4) is 0 Å². The summed E-state index contributed by atoms with van der Waals surface area (Å²) >= 11 is 0. The van der Waals surface area contributed by atoms with Crippen LogP contribution in [0, 0.1) is 0 Å². The van der Waals surface area contributed by atoms with E-state index >= 15 is 0 Å². The van der Waals surface area contributed by atoms with Crippen molar-refractivity contribution in [3.8, 4) is 0 Å². The minimum absolute atomic E-state index is 0.0357. The Balaban J connectivity index is 2.17. The van der Waals surface area contributed by atoms with E-state index in [9.17, 15) is 4.79 Å². The predicted molar refractivity (Wildman–Crippen MR) is 69.7 cm³/mol. The van der Waals surface area contributed by atoms with Gasteiger partial charge in [0.25, 0.3) is 0 Å². The van der Waals surface area contributed by atoms with E-state index in [1.165, 1.54) is 0 Å². The van der Waals surface area contributed by atoms with Crippen molar-refractivity contribution in [3.05, 3.63) is 41.5 Å². The van der Waals surface area contributed by atoms with Gasteiger partial charge >= 0.3 is 5.97 Å². The number of hydrogen-bond donors (Lipinski definition) is 1. The summed E-state index contributed by atoms with van der Waals surface area (Å²) in [6.07, 6.45) is 4.47. The number of hydrogen-bond acceptors (Lipinski definition) is 3. The fourth-order valence-electron chi connectivity index (χ4n) is 2.13. The fraction of sp³-hybridized carbons (Fsp3) is 0.400. The molecule has 0 saturated carbocycles. The van der Waals surface area contributed by atoms with Gasteiger partial charge in [-0.1, -0.05) is 37.6 Å². The Bertz CT molecular complexity index is 445. The maximum Gasteiger partial charge on any atom is 0.331 e. The van der Waals surface area contributed by atoms with Crippen molar-refractivity contribution in [2.45, 2.75) is 38.9 Å². The number of rotatable bonds is 5. The van der Waals surface area contributed by atoms with E-state index in [1.807, 2.05) is 24.3 Å². The highest BCUT2D eigenvalue weighted by Crippen LogP contribution is 2.29. The molecule has 96 valence electrons. The first-order valence-corrected chi connectivity index (χ1v) is 6.37. The topological polar surface area (TPSA) is 46.5 Å². The number of carbonyl (C=O) groups excluding carboxylic acids is 1. The molecular weight excluding hydrogens is 228 g/mol. The first-order valence-electron chi connectivity index (χ1n) is 6.37. The molecule has 0 spiro atoms. The van der Waals surface area contributed by atoms with E-state index in [-0.39, 0.29) is 18.7 Å². The Morgan fingerprint density at radius 3 is 2.61 bits per heavy atom. The van der Waals surface area contributed by atoms with Crippen LogP contribution in [0.4, 0.5) is 0 Å². The highest BCUT2D eigenvalue weighted by Gasteiger charge is 2.26. The standard InChI is InChI=1S/C15H18O3/c1-2-3-4-14-13(9-15(17)18-14)12-7-5-11(10-16)6-8-12/h5-9,14,16H,2-4,10H2,1H3. The Labute approximate surface area is 107 Å². The average molecular weight is 246 g/mol. The molecule has 0 aromatic heterocycles. The zero-order chi connectivity index (χ0) is 13.0. The van der Waals surface area contributed by atoms with Crippen molar-refractivity contribution in [2.75, 3.05) is 0 Å². The summed E-state index contributed by atoms with van der Waals surface area (Å²) in [6.45, 7) is 2.16. The Morgan fingerprint density at radius 1 is 1.28 bits per heavy atom. The lowest BCUT2D eigenvalue weighted by Crippen LogP contribution is -2.11. The van der Waals surface area contributed by atoms with E-state index in [2.05, 4.69) is 6.92 Å². The van der Waals surface area contributed by atoms with Gasteiger partial charge in [-0.2, -0.15) is 0 Å². The van der Waals surface area contributed by atoms with E-state index in [4.69, 9.17) is 9.84 Å². The Hall–Kier alpha value is -1.61. The molecule has 0 radical (unpaired) electrons. The van der Waals surface area contributed by atoms with Crippen LogP contribution in [0.1, 0.15) is 37.3 Å². The van der Waals surface area contributed by atoms with Crippen molar-refractivity contribution in [3.63, 3.8) is 0 Å². The van der Waals surface area contributed by atoms with Crippen LogP contribution in [0.2, 0.25) is 0 Å². The SMILES string of the molecule is CCCCC1OC(=O)C=C1c1ccc(CO)cc1. The summed E-state index contributed by atoms with van der Waals surface area (Å²) in [5.41, 5.74) is 2.83. The molecule has 2 rings (SSSR count). The van der Waals surface area contributed by atoms with Crippen LogP contribution >= 0.6 is 0 Å². The molecule has 1 heterocycles. The lowest BCUT2D eigenvalue weighted by Gasteiger charge is -2.14. The lowest BCUT2D eigenvalue weighted by atomic mass is 9.97. The molecule has 3 heteroatoms. The second-order valence-electron chi connectivity index (χ2n) is 4.52. The van der Waals surface area contributed by atoms with Crippen LogP contribution in [-0.4, -0.2) is 17.2 Å². The summed E-state index contributed by atoms with van der Waals surface area (Å²) in [5, 5.41) is 9.01. The summed E-state index contributed by atoms with van der Waals surface area (Å²) < 4.78 is 5.31. The van der Waals surface area contributed by atoms with Gasteiger partial charge < -0.3 is 9.84 Å². The van der Waals surface area contributed by atoms with Gasteiger partial charge in [0.1, 0.15) is 6.10 Å². The second-order valence-corrected chi connectivity index (χ2v) is 4.52. The van der Waals surface area contributed by atoms with E-state index in [0.717, 1.165) is 36.0 Å². The molecular formula is C15H18O3. The van der Waals surface area contributed by atoms with Gasteiger partial charge in [-0.25, -0.2) is 4.79 Å². The molecule has 3 nitrogen and oxygen atoms in total. The van der Waals surface area contributed by atoms with Gasteiger partial charge in [-0.05, 0) is 24.0 Å². The highest BCUT2D eigenvalue weighted by atomic mass is 16.5. The maximum atomic E-state index is 11.4. The minimum atomic E-state index is -0.252. The summed E-state index contributed by atoms with van der Waals surface area (Å²) in [7, 11) is 0. The second kappa shape index (κ2) is 5.83. The van der Waals surface area contributed by atoms with Crippen molar-refractivity contribution in [2.24, 2.45) is 0 Å². The molecule has 1 aliphatic rings. The number of benzene rings is 1. The van der Waals surface area contributed by atoms with Gasteiger partial charge in [0.2, 0.25) is 0 Å². The monoisotopic (exact) mass is 246 g/mol. The molecule has 0 aliphatic carbocycles. The average Bonchev–Trinajstić information content (AvgIpc) is 2.77. The van der Waals surface area contributed by atoms with Gasteiger partial charge in [0.05, 0.1) is 6.61 Å². The molecule has 0 bridgehead atoms. The molecule has 1 aromatic rings. The lowest BCUT2D eigenvalue weighted by molar-refractivity contribution is -0.138. The third-order valence-electron chi connectivity index (χ3n) is 3.17. The summed E-state index contributed by atoms with van der Waals surface area (Å²) in [6, 6.07) is 7.60. The molecule has 1 aliphatic heterocycles. The normalized spacial score (nSPS) is 18.7. The highest BCUT2D eigenvalue weighted by molar-refractivity contribution is 5.97. The third kappa shape index (κ3) is 2.79. The molecule has 0 fully saturated rings.